The number of ether oxygens (including phenoxy) is 1. The second-order valence-corrected chi connectivity index (χ2v) is 4.59. The van der Waals surface area contributed by atoms with Crippen LogP contribution in [0.3, 0.4) is 0 Å². The van der Waals surface area contributed by atoms with Crippen LogP contribution in [0.1, 0.15) is 22.8 Å². The van der Waals surface area contributed by atoms with Crippen molar-refractivity contribution in [2.45, 2.75) is 19.3 Å². The van der Waals surface area contributed by atoms with E-state index in [2.05, 4.69) is 0 Å². The van der Waals surface area contributed by atoms with E-state index >= 15 is 0 Å². The number of hydrogen-bond acceptors (Lipinski definition) is 4. The van der Waals surface area contributed by atoms with E-state index in [1.54, 1.807) is 12.1 Å². The summed E-state index contributed by atoms with van der Waals surface area (Å²) < 4.78 is 5.67. The van der Waals surface area contributed by atoms with Crippen molar-refractivity contribution in [1.82, 2.24) is 0 Å². The third-order valence-electron chi connectivity index (χ3n) is 3.07. The maximum Gasteiger partial charge on any atom is 0.119 e. The molecule has 0 fully saturated rings. The zero-order chi connectivity index (χ0) is 14.4. The Hall–Kier alpha value is -1.88. The van der Waals surface area contributed by atoms with Crippen molar-refractivity contribution in [3.63, 3.8) is 0 Å². The van der Waals surface area contributed by atoms with Gasteiger partial charge in [0.2, 0.25) is 0 Å². The minimum Gasteiger partial charge on any atom is -0.489 e. The second-order valence-electron chi connectivity index (χ2n) is 4.59. The lowest BCUT2D eigenvalue weighted by Crippen LogP contribution is -2.11. The predicted molar refractivity (Wildman–Crippen MR) is 77.2 cm³/mol. The minimum atomic E-state index is -0.634. The molecule has 20 heavy (non-hydrogen) atoms. The van der Waals surface area contributed by atoms with Gasteiger partial charge in [-0.15, -0.1) is 0 Å². The van der Waals surface area contributed by atoms with Gasteiger partial charge in [-0.2, -0.15) is 0 Å². The Kier molecular flexibility index (Phi) is 5.12. The molecule has 0 amide bonds. The molecule has 2 rings (SSSR count). The molecule has 4 N–H and O–H groups in total. The average molecular weight is 273 g/mol. The highest BCUT2D eigenvalue weighted by Crippen LogP contribution is 2.18. The van der Waals surface area contributed by atoms with Gasteiger partial charge in [0, 0.05) is 6.54 Å². The summed E-state index contributed by atoms with van der Waals surface area (Å²) >= 11 is 0. The summed E-state index contributed by atoms with van der Waals surface area (Å²) in [6.07, 6.45) is -0.634. The van der Waals surface area contributed by atoms with Crippen LogP contribution < -0.4 is 10.5 Å². The molecule has 4 heteroatoms. The minimum absolute atomic E-state index is 0.0273. The van der Waals surface area contributed by atoms with Crippen molar-refractivity contribution >= 4 is 0 Å². The number of hydrogen-bond donors (Lipinski definition) is 3. The zero-order valence-corrected chi connectivity index (χ0v) is 11.2. The monoisotopic (exact) mass is 273 g/mol. The van der Waals surface area contributed by atoms with Crippen LogP contribution in [0.4, 0.5) is 0 Å². The Morgan fingerprint density at radius 3 is 2.40 bits per heavy atom. The van der Waals surface area contributed by atoms with Crippen LogP contribution in [-0.2, 0) is 13.2 Å². The molecule has 2 aromatic carbocycles. The molecule has 0 saturated heterocycles. The molecular formula is C16H19NO3. The standard InChI is InChI=1S/C16H19NO3/c17-9-16(19)14-4-6-15(7-5-14)20-11-13-3-1-2-12(8-13)10-18/h1-8,16,18-19H,9-11,17H2/t16-/m0/s1. The van der Waals surface area contributed by atoms with Gasteiger partial charge >= 0.3 is 0 Å². The Morgan fingerprint density at radius 2 is 1.75 bits per heavy atom. The van der Waals surface area contributed by atoms with Gasteiger partial charge in [0.1, 0.15) is 12.4 Å². The highest BCUT2D eigenvalue weighted by Gasteiger charge is 2.04. The van der Waals surface area contributed by atoms with E-state index in [9.17, 15) is 5.11 Å². The summed E-state index contributed by atoms with van der Waals surface area (Å²) in [5, 5.41) is 18.7. The summed E-state index contributed by atoms with van der Waals surface area (Å²) in [6, 6.07) is 14.8. The number of aliphatic hydroxyl groups is 2. The lowest BCUT2D eigenvalue weighted by molar-refractivity contribution is 0.186. The van der Waals surface area contributed by atoms with E-state index in [1.165, 1.54) is 0 Å². The second kappa shape index (κ2) is 7.05. The van der Waals surface area contributed by atoms with Crippen LogP contribution in [0.2, 0.25) is 0 Å². The van der Waals surface area contributed by atoms with Crippen LogP contribution in [0, 0.1) is 0 Å². The van der Waals surface area contributed by atoms with E-state index in [0.717, 1.165) is 22.4 Å². The first-order chi connectivity index (χ1) is 9.72. The molecule has 0 aliphatic rings. The van der Waals surface area contributed by atoms with Gasteiger partial charge in [0.25, 0.3) is 0 Å². The van der Waals surface area contributed by atoms with Gasteiger partial charge in [-0.1, -0.05) is 36.4 Å². The highest BCUT2D eigenvalue weighted by molar-refractivity contribution is 5.29. The van der Waals surface area contributed by atoms with Crippen LogP contribution in [0.5, 0.6) is 5.75 Å². The molecule has 106 valence electrons. The molecule has 4 nitrogen and oxygen atoms in total. The number of nitrogens with two attached hydrogens (primary N) is 1. The van der Waals surface area contributed by atoms with Gasteiger partial charge in [-0.3, -0.25) is 0 Å². The van der Waals surface area contributed by atoms with Crippen molar-refractivity contribution in [1.29, 1.82) is 0 Å². The molecule has 0 aromatic heterocycles. The molecule has 1 atom stereocenters. The van der Waals surface area contributed by atoms with E-state index in [4.69, 9.17) is 15.6 Å². The molecule has 0 spiro atoms. The van der Waals surface area contributed by atoms with Crippen LogP contribution >= 0.6 is 0 Å². The normalized spacial score (nSPS) is 12.2. The van der Waals surface area contributed by atoms with Gasteiger partial charge in [-0.05, 0) is 28.8 Å². The molecule has 0 unspecified atom stereocenters. The van der Waals surface area contributed by atoms with Crippen molar-refractivity contribution in [3.8, 4) is 5.75 Å². The van der Waals surface area contributed by atoms with Gasteiger partial charge in [0.15, 0.2) is 0 Å². The van der Waals surface area contributed by atoms with E-state index in [0.29, 0.717) is 6.61 Å². The summed E-state index contributed by atoms with van der Waals surface area (Å²) in [5.41, 5.74) is 8.05. The Balaban J connectivity index is 1.96. The SMILES string of the molecule is NC[C@H](O)c1ccc(OCc2cccc(CO)c2)cc1. The molecule has 2 aromatic rings. The number of aliphatic hydroxyl groups excluding tert-OH is 2. The topological polar surface area (TPSA) is 75.7 Å². The summed E-state index contributed by atoms with van der Waals surface area (Å²) in [5.74, 6) is 0.729. The summed E-state index contributed by atoms with van der Waals surface area (Å²) in [4.78, 5) is 0. The Morgan fingerprint density at radius 1 is 1.05 bits per heavy atom. The summed E-state index contributed by atoms with van der Waals surface area (Å²) in [7, 11) is 0. The van der Waals surface area contributed by atoms with Crippen molar-refractivity contribution in [2.75, 3.05) is 6.54 Å². The molecule has 0 bridgehead atoms. The third-order valence-corrected chi connectivity index (χ3v) is 3.07. The van der Waals surface area contributed by atoms with Crippen molar-refractivity contribution < 1.29 is 14.9 Å². The molecule has 0 saturated carbocycles. The largest absolute Gasteiger partial charge is 0.489 e. The molecule has 0 radical (unpaired) electrons. The van der Waals surface area contributed by atoms with Crippen LogP contribution in [-0.4, -0.2) is 16.8 Å². The van der Waals surface area contributed by atoms with Crippen molar-refractivity contribution in [3.05, 3.63) is 65.2 Å². The average Bonchev–Trinajstić information content (AvgIpc) is 2.53. The molecule has 0 aliphatic carbocycles. The fourth-order valence-corrected chi connectivity index (χ4v) is 1.91. The molecule has 0 heterocycles. The quantitative estimate of drug-likeness (QED) is 0.749. The predicted octanol–water partition coefficient (Wildman–Crippen LogP) is 1.75. The van der Waals surface area contributed by atoms with Gasteiger partial charge in [-0.25, -0.2) is 0 Å². The maximum atomic E-state index is 9.60. The van der Waals surface area contributed by atoms with Crippen molar-refractivity contribution in [2.24, 2.45) is 5.73 Å². The zero-order valence-electron chi connectivity index (χ0n) is 11.2. The first kappa shape index (κ1) is 14.5. The lowest BCUT2D eigenvalue weighted by atomic mass is 10.1. The Labute approximate surface area is 118 Å². The van der Waals surface area contributed by atoms with E-state index in [-0.39, 0.29) is 13.2 Å². The van der Waals surface area contributed by atoms with Crippen LogP contribution in [0.15, 0.2) is 48.5 Å². The third kappa shape index (κ3) is 3.81. The van der Waals surface area contributed by atoms with E-state index < -0.39 is 6.10 Å². The lowest BCUT2D eigenvalue weighted by Gasteiger charge is -2.10. The molecular weight excluding hydrogens is 254 g/mol. The maximum absolute atomic E-state index is 9.60. The van der Waals surface area contributed by atoms with Gasteiger partial charge < -0.3 is 20.7 Å². The Bertz CT molecular complexity index is 540. The highest BCUT2D eigenvalue weighted by atomic mass is 16.5. The summed E-state index contributed by atoms with van der Waals surface area (Å²) in [6.45, 7) is 0.667. The number of benzene rings is 2. The molecule has 0 aliphatic heterocycles. The van der Waals surface area contributed by atoms with Gasteiger partial charge in [0.05, 0.1) is 12.7 Å². The fraction of sp³-hybridized carbons (Fsp3) is 0.250. The fourth-order valence-electron chi connectivity index (χ4n) is 1.91. The van der Waals surface area contributed by atoms with E-state index in [1.807, 2.05) is 36.4 Å². The first-order valence-electron chi connectivity index (χ1n) is 6.52. The van der Waals surface area contributed by atoms with Crippen LogP contribution in [0.25, 0.3) is 0 Å². The first-order valence-corrected chi connectivity index (χ1v) is 6.52. The number of rotatable bonds is 6. The smallest absolute Gasteiger partial charge is 0.119 e.